The van der Waals surface area contributed by atoms with Gasteiger partial charge >= 0.3 is 0 Å². The molecule has 1 aromatic heterocycles. The topological polar surface area (TPSA) is 70.6 Å². The standard InChI is InChI=1S/C18H25N3O3/c1-23-16-2-4-17(5-3-16)24-13-15(22)12-21-10-7-14(8-11-21)18-6-9-19-20-18/h2-6,9,14-15,22H,7-8,10-13H2,1H3,(H,19,20)/t15-/m1/s1. The number of hydrogen-bond donors (Lipinski definition) is 2. The number of benzene rings is 1. The van der Waals surface area contributed by atoms with Crippen LogP contribution in [0.25, 0.3) is 0 Å². The predicted octanol–water partition coefficient (Wildman–Crippen LogP) is 2.04. The normalized spacial score (nSPS) is 17.6. The Balaban J connectivity index is 1.38. The molecule has 0 bridgehead atoms. The van der Waals surface area contributed by atoms with Crippen molar-refractivity contribution in [3.05, 3.63) is 42.2 Å². The third-order valence-corrected chi connectivity index (χ3v) is 4.52. The van der Waals surface area contributed by atoms with E-state index in [4.69, 9.17) is 9.47 Å². The summed E-state index contributed by atoms with van der Waals surface area (Å²) in [6, 6.07) is 9.45. The van der Waals surface area contributed by atoms with Crippen LogP contribution in [0, 0.1) is 0 Å². The minimum atomic E-state index is -0.490. The lowest BCUT2D eigenvalue weighted by atomic mass is 9.93. The molecule has 6 nitrogen and oxygen atoms in total. The van der Waals surface area contributed by atoms with Crippen molar-refractivity contribution < 1.29 is 14.6 Å². The van der Waals surface area contributed by atoms with E-state index in [2.05, 4.69) is 21.2 Å². The van der Waals surface area contributed by atoms with Gasteiger partial charge in [0.05, 0.1) is 7.11 Å². The van der Waals surface area contributed by atoms with Gasteiger partial charge < -0.3 is 19.5 Å². The number of nitrogens with zero attached hydrogens (tertiary/aromatic N) is 2. The summed E-state index contributed by atoms with van der Waals surface area (Å²) >= 11 is 0. The fourth-order valence-electron chi connectivity index (χ4n) is 3.14. The zero-order valence-electron chi connectivity index (χ0n) is 14.0. The van der Waals surface area contributed by atoms with Gasteiger partial charge in [0.15, 0.2) is 0 Å². The van der Waals surface area contributed by atoms with Crippen molar-refractivity contribution in [3.63, 3.8) is 0 Å². The molecule has 3 rings (SSSR count). The summed E-state index contributed by atoms with van der Waals surface area (Å²) < 4.78 is 10.8. The molecule has 0 spiro atoms. The highest BCUT2D eigenvalue weighted by Gasteiger charge is 2.23. The predicted molar refractivity (Wildman–Crippen MR) is 91.5 cm³/mol. The molecule has 0 saturated carbocycles. The minimum Gasteiger partial charge on any atom is -0.497 e. The molecule has 130 valence electrons. The fourth-order valence-corrected chi connectivity index (χ4v) is 3.14. The third kappa shape index (κ3) is 4.49. The van der Waals surface area contributed by atoms with Crippen LogP contribution in [0.5, 0.6) is 11.5 Å². The van der Waals surface area contributed by atoms with E-state index in [-0.39, 0.29) is 0 Å². The van der Waals surface area contributed by atoms with Gasteiger partial charge in [0, 0.05) is 24.4 Å². The summed E-state index contributed by atoms with van der Waals surface area (Å²) in [5, 5.41) is 17.3. The van der Waals surface area contributed by atoms with Crippen molar-refractivity contribution in [2.45, 2.75) is 24.9 Å². The largest absolute Gasteiger partial charge is 0.497 e. The highest BCUT2D eigenvalue weighted by molar-refractivity contribution is 5.31. The average Bonchev–Trinajstić information content (AvgIpc) is 3.16. The molecule has 0 radical (unpaired) electrons. The van der Waals surface area contributed by atoms with Gasteiger partial charge in [0.2, 0.25) is 0 Å². The van der Waals surface area contributed by atoms with Gasteiger partial charge in [-0.05, 0) is 56.3 Å². The van der Waals surface area contributed by atoms with Gasteiger partial charge in [-0.3, -0.25) is 5.10 Å². The minimum absolute atomic E-state index is 0.298. The number of ether oxygens (including phenoxy) is 2. The van der Waals surface area contributed by atoms with Crippen LogP contribution in [0.3, 0.4) is 0 Å². The van der Waals surface area contributed by atoms with Crippen molar-refractivity contribution in [1.82, 2.24) is 15.1 Å². The summed E-state index contributed by atoms with van der Waals surface area (Å²) in [5.74, 6) is 2.09. The highest BCUT2D eigenvalue weighted by atomic mass is 16.5. The fraction of sp³-hybridized carbons (Fsp3) is 0.500. The van der Waals surface area contributed by atoms with E-state index in [1.54, 1.807) is 7.11 Å². The summed E-state index contributed by atoms with van der Waals surface area (Å²) in [5.41, 5.74) is 1.22. The quantitative estimate of drug-likeness (QED) is 0.812. The van der Waals surface area contributed by atoms with E-state index in [0.29, 0.717) is 19.1 Å². The summed E-state index contributed by atoms with van der Waals surface area (Å²) in [6.07, 6.45) is 3.50. The van der Waals surface area contributed by atoms with E-state index >= 15 is 0 Å². The van der Waals surface area contributed by atoms with Crippen LogP contribution in [0.4, 0.5) is 0 Å². The maximum Gasteiger partial charge on any atom is 0.119 e. The van der Waals surface area contributed by atoms with Crippen LogP contribution in [0.2, 0.25) is 0 Å². The number of nitrogens with one attached hydrogen (secondary N) is 1. The lowest BCUT2D eigenvalue weighted by Gasteiger charge is -2.32. The van der Waals surface area contributed by atoms with Crippen LogP contribution in [-0.2, 0) is 0 Å². The molecular weight excluding hydrogens is 306 g/mol. The summed E-state index contributed by atoms with van der Waals surface area (Å²) in [7, 11) is 1.63. The summed E-state index contributed by atoms with van der Waals surface area (Å²) in [4.78, 5) is 2.30. The number of methoxy groups -OCH3 is 1. The zero-order valence-corrected chi connectivity index (χ0v) is 14.0. The second-order valence-electron chi connectivity index (χ2n) is 6.23. The number of rotatable bonds is 7. The Morgan fingerprint density at radius 3 is 2.54 bits per heavy atom. The number of aliphatic hydroxyl groups is 1. The van der Waals surface area contributed by atoms with Crippen molar-refractivity contribution in [2.75, 3.05) is 33.4 Å². The highest BCUT2D eigenvalue weighted by Crippen LogP contribution is 2.26. The molecule has 2 heterocycles. The Morgan fingerprint density at radius 2 is 1.92 bits per heavy atom. The van der Waals surface area contributed by atoms with E-state index in [9.17, 15) is 5.11 Å². The number of aliphatic hydroxyl groups excluding tert-OH is 1. The molecule has 24 heavy (non-hydrogen) atoms. The van der Waals surface area contributed by atoms with Crippen molar-refractivity contribution in [3.8, 4) is 11.5 Å². The number of aromatic amines is 1. The molecule has 1 atom stereocenters. The number of aromatic nitrogens is 2. The van der Waals surface area contributed by atoms with Crippen LogP contribution in [0.1, 0.15) is 24.5 Å². The van der Waals surface area contributed by atoms with Crippen LogP contribution >= 0.6 is 0 Å². The number of hydrogen-bond acceptors (Lipinski definition) is 5. The van der Waals surface area contributed by atoms with Crippen LogP contribution in [-0.4, -0.2) is 59.7 Å². The number of piperidine rings is 1. The molecule has 0 aliphatic carbocycles. The zero-order chi connectivity index (χ0) is 16.8. The maximum absolute atomic E-state index is 10.2. The molecule has 0 amide bonds. The molecule has 2 aromatic rings. The van der Waals surface area contributed by atoms with E-state index in [1.165, 1.54) is 5.69 Å². The third-order valence-electron chi connectivity index (χ3n) is 4.52. The second-order valence-corrected chi connectivity index (χ2v) is 6.23. The maximum atomic E-state index is 10.2. The van der Waals surface area contributed by atoms with Gasteiger partial charge in [-0.25, -0.2) is 0 Å². The Labute approximate surface area is 142 Å². The van der Waals surface area contributed by atoms with Gasteiger partial charge in [0.25, 0.3) is 0 Å². The van der Waals surface area contributed by atoms with Crippen molar-refractivity contribution >= 4 is 0 Å². The van der Waals surface area contributed by atoms with E-state index < -0.39 is 6.10 Å². The first kappa shape index (κ1) is 16.8. The molecule has 1 aliphatic heterocycles. The monoisotopic (exact) mass is 331 g/mol. The van der Waals surface area contributed by atoms with Gasteiger partial charge in [-0.2, -0.15) is 5.10 Å². The molecule has 2 N–H and O–H groups in total. The Kier molecular flexibility index (Phi) is 5.72. The average molecular weight is 331 g/mol. The van der Waals surface area contributed by atoms with Gasteiger partial charge in [0.1, 0.15) is 24.2 Å². The van der Waals surface area contributed by atoms with E-state index in [1.807, 2.05) is 30.5 Å². The smallest absolute Gasteiger partial charge is 0.119 e. The number of β-amino-alcohol motifs (C(OH)–C–C–N with tert-alkyl or cyclic N) is 1. The van der Waals surface area contributed by atoms with Crippen LogP contribution < -0.4 is 9.47 Å². The number of likely N-dealkylation sites (tertiary alicyclic amines) is 1. The van der Waals surface area contributed by atoms with E-state index in [0.717, 1.165) is 37.4 Å². The Hall–Kier alpha value is -2.05. The molecular formula is C18H25N3O3. The Bertz CT molecular complexity index is 592. The molecule has 0 unspecified atom stereocenters. The van der Waals surface area contributed by atoms with Gasteiger partial charge in [-0.15, -0.1) is 0 Å². The Morgan fingerprint density at radius 1 is 1.21 bits per heavy atom. The first-order valence-electron chi connectivity index (χ1n) is 8.41. The number of H-pyrrole nitrogens is 1. The molecule has 1 aromatic carbocycles. The first-order chi connectivity index (χ1) is 11.7. The molecule has 6 heteroatoms. The lowest BCUT2D eigenvalue weighted by molar-refractivity contribution is 0.0592. The molecule has 1 aliphatic rings. The van der Waals surface area contributed by atoms with Crippen molar-refractivity contribution in [1.29, 1.82) is 0 Å². The van der Waals surface area contributed by atoms with Gasteiger partial charge in [-0.1, -0.05) is 0 Å². The van der Waals surface area contributed by atoms with Crippen LogP contribution in [0.15, 0.2) is 36.5 Å². The van der Waals surface area contributed by atoms with Crippen molar-refractivity contribution in [2.24, 2.45) is 0 Å². The molecule has 1 fully saturated rings. The second kappa shape index (κ2) is 8.17. The SMILES string of the molecule is COc1ccc(OC[C@H](O)CN2CCC(c3ccn[nH]3)CC2)cc1. The lowest BCUT2D eigenvalue weighted by Crippen LogP contribution is -2.40. The molecule has 1 saturated heterocycles. The first-order valence-corrected chi connectivity index (χ1v) is 8.41. The summed E-state index contributed by atoms with van der Waals surface area (Å²) in [6.45, 7) is 2.92.